The molecule has 1 rings (SSSR count). The quantitative estimate of drug-likeness (QED) is 0.549. The maximum atomic E-state index is 2.36. The highest BCUT2D eigenvalue weighted by atomic mass is 15.7. The lowest BCUT2D eigenvalue weighted by molar-refractivity contribution is -0.155. The van der Waals surface area contributed by atoms with Gasteiger partial charge < -0.3 is 0 Å². The predicted octanol–water partition coefficient (Wildman–Crippen LogP) is 2.12. The van der Waals surface area contributed by atoms with Crippen molar-refractivity contribution in [1.82, 2.24) is 10.0 Å². The largest absolute Gasteiger partial charge is 0.239 e. The van der Waals surface area contributed by atoms with Gasteiger partial charge >= 0.3 is 0 Å². The molecule has 72 valence electrons. The summed E-state index contributed by atoms with van der Waals surface area (Å²) in [6, 6.07) is 0. The Labute approximate surface area is 76.5 Å². The maximum Gasteiger partial charge on any atom is 0.0298 e. The molecule has 0 aliphatic carbocycles. The zero-order valence-corrected chi connectivity index (χ0v) is 9.31. The van der Waals surface area contributed by atoms with E-state index in [2.05, 4.69) is 51.8 Å². The Morgan fingerprint density at radius 1 is 0.750 bits per heavy atom. The van der Waals surface area contributed by atoms with Crippen LogP contribution in [0.3, 0.4) is 0 Å². The van der Waals surface area contributed by atoms with Crippen molar-refractivity contribution in [3.05, 3.63) is 0 Å². The van der Waals surface area contributed by atoms with Gasteiger partial charge in [-0.25, -0.2) is 10.0 Å². The van der Waals surface area contributed by atoms with E-state index in [1.54, 1.807) is 0 Å². The number of rotatable bonds is 0. The van der Waals surface area contributed by atoms with Gasteiger partial charge in [-0.05, 0) is 40.5 Å². The van der Waals surface area contributed by atoms with Crippen molar-refractivity contribution < 1.29 is 0 Å². The van der Waals surface area contributed by atoms with E-state index in [1.165, 1.54) is 12.8 Å². The second-order valence-electron chi connectivity index (χ2n) is 5.17. The molecule has 12 heavy (non-hydrogen) atoms. The van der Waals surface area contributed by atoms with Crippen LogP contribution in [0.1, 0.15) is 40.5 Å². The fourth-order valence-electron chi connectivity index (χ4n) is 1.75. The molecule has 1 saturated heterocycles. The normalized spacial score (nSPS) is 30.5. The molecular formula is C10H22N2. The van der Waals surface area contributed by atoms with E-state index in [0.29, 0.717) is 11.1 Å². The molecule has 2 nitrogen and oxygen atoms in total. The molecule has 0 amide bonds. The Morgan fingerprint density at radius 2 is 1.00 bits per heavy atom. The van der Waals surface area contributed by atoms with Gasteiger partial charge in [0.2, 0.25) is 0 Å². The molecule has 2 heteroatoms. The molecule has 0 aromatic carbocycles. The molecule has 1 aliphatic rings. The van der Waals surface area contributed by atoms with Gasteiger partial charge in [0.25, 0.3) is 0 Å². The van der Waals surface area contributed by atoms with Crippen LogP contribution in [-0.2, 0) is 0 Å². The van der Waals surface area contributed by atoms with Gasteiger partial charge in [0, 0.05) is 25.2 Å². The van der Waals surface area contributed by atoms with Crippen molar-refractivity contribution in [1.29, 1.82) is 0 Å². The van der Waals surface area contributed by atoms with E-state index in [9.17, 15) is 0 Å². The molecule has 0 aromatic rings. The summed E-state index contributed by atoms with van der Waals surface area (Å²) in [6.45, 7) is 9.22. The lowest BCUT2D eigenvalue weighted by atomic mass is 9.85. The summed E-state index contributed by atoms with van der Waals surface area (Å²) in [7, 11) is 4.36. The van der Waals surface area contributed by atoms with Gasteiger partial charge in [0.1, 0.15) is 0 Å². The Kier molecular flexibility index (Phi) is 2.26. The van der Waals surface area contributed by atoms with Gasteiger partial charge in [-0.15, -0.1) is 0 Å². The molecule has 0 saturated carbocycles. The highest BCUT2D eigenvalue weighted by Crippen LogP contribution is 2.34. The van der Waals surface area contributed by atoms with Crippen LogP contribution in [0.2, 0.25) is 0 Å². The first-order chi connectivity index (χ1) is 5.27. The molecule has 0 unspecified atom stereocenters. The molecule has 0 aromatic heterocycles. The monoisotopic (exact) mass is 170 g/mol. The van der Waals surface area contributed by atoms with Crippen molar-refractivity contribution in [2.75, 3.05) is 14.1 Å². The first-order valence-electron chi connectivity index (χ1n) is 4.75. The summed E-state index contributed by atoms with van der Waals surface area (Å²) in [4.78, 5) is 0. The Bertz CT molecular complexity index is 153. The third-order valence-electron chi connectivity index (χ3n) is 3.55. The van der Waals surface area contributed by atoms with Crippen LogP contribution in [0.5, 0.6) is 0 Å². The topological polar surface area (TPSA) is 6.48 Å². The minimum Gasteiger partial charge on any atom is -0.239 e. The first kappa shape index (κ1) is 10.0. The van der Waals surface area contributed by atoms with Crippen molar-refractivity contribution in [2.45, 2.75) is 51.6 Å². The molecule has 0 spiro atoms. The second kappa shape index (κ2) is 2.71. The SMILES string of the molecule is CN1N(C)C(C)(C)CCC1(C)C. The predicted molar refractivity (Wildman–Crippen MR) is 52.9 cm³/mol. The minimum absolute atomic E-state index is 0.324. The summed E-state index contributed by atoms with van der Waals surface area (Å²) in [6.07, 6.45) is 2.56. The molecule has 1 aliphatic heterocycles. The maximum absolute atomic E-state index is 2.36. The molecule has 1 heterocycles. The lowest BCUT2D eigenvalue weighted by Gasteiger charge is -2.54. The minimum atomic E-state index is 0.324. The van der Waals surface area contributed by atoms with E-state index < -0.39 is 0 Å². The van der Waals surface area contributed by atoms with Crippen molar-refractivity contribution >= 4 is 0 Å². The molecule has 0 radical (unpaired) electrons. The molecule has 0 atom stereocenters. The van der Waals surface area contributed by atoms with Crippen LogP contribution in [0.15, 0.2) is 0 Å². The fourth-order valence-corrected chi connectivity index (χ4v) is 1.75. The zero-order chi connectivity index (χ0) is 9.57. The van der Waals surface area contributed by atoms with Gasteiger partial charge in [0.15, 0.2) is 0 Å². The van der Waals surface area contributed by atoms with Crippen LogP contribution in [0.25, 0.3) is 0 Å². The van der Waals surface area contributed by atoms with Gasteiger partial charge in [-0.2, -0.15) is 0 Å². The Hall–Kier alpha value is -0.0800. The van der Waals surface area contributed by atoms with Gasteiger partial charge in [0.05, 0.1) is 0 Å². The summed E-state index contributed by atoms with van der Waals surface area (Å²) >= 11 is 0. The average molecular weight is 170 g/mol. The number of hydrogen-bond donors (Lipinski definition) is 0. The van der Waals surface area contributed by atoms with Crippen LogP contribution in [0, 0.1) is 0 Å². The van der Waals surface area contributed by atoms with Crippen LogP contribution in [0.4, 0.5) is 0 Å². The van der Waals surface area contributed by atoms with Crippen LogP contribution < -0.4 is 0 Å². The smallest absolute Gasteiger partial charge is 0.0298 e. The summed E-state index contributed by atoms with van der Waals surface area (Å²) in [5, 5.41) is 4.72. The van der Waals surface area contributed by atoms with E-state index in [4.69, 9.17) is 0 Å². The summed E-state index contributed by atoms with van der Waals surface area (Å²) in [5.41, 5.74) is 0.647. The number of hydrogen-bond acceptors (Lipinski definition) is 2. The molecule has 0 bridgehead atoms. The summed E-state index contributed by atoms with van der Waals surface area (Å²) < 4.78 is 0. The molecule has 1 fully saturated rings. The summed E-state index contributed by atoms with van der Waals surface area (Å²) in [5.74, 6) is 0. The van der Waals surface area contributed by atoms with Crippen molar-refractivity contribution in [3.63, 3.8) is 0 Å². The molecular weight excluding hydrogens is 148 g/mol. The lowest BCUT2D eigenvalue weighted by Crippen LogP contribution is -2.62. The Balaban J connectivity index is 2.80. The van der Waals surface area contributed by atoms with E-state index in [1.807, 2.05) is 0 Å². The van der Waals surface area contributed by atoms with Crippen molar-refractivity contribution in [2.24, 2.45) is 0 Å². The fraction of sp³-hybridized carbons (Fsp3) is 1.00. The first-order valence-corrected chi connectivity index (χ1v) is 4.75. The average Bonchev–Trinajstić information content (AvgIpc) is 1.96. The number of nitrogens with zero attached hydrogens (tertiary/aromatic N) is 2. The van der Waals surface area contributed by atoms with E-state index in [-0.39, 0.29) is 0 Å². The van der Waals surface area contributed by atoms with E-state index >= 15 is 0 Å². The highest BCUT2D eigenvalue weighted by Gasteiger charge is 2.39. The third kappa shape index (κ3) is 1.50. The number of hydrazine groups is 1. The van der Waals surface area contributed by atoms with E-state index in [0.717, 1.165) is 0 Å². The zero-order valence-electron chi connectivity index (χ0n) is 9.31. The third-order valence-corrected chi connectivity index (χ3v) is 3.55. The standard InChI is InChI=1S/C10H22N2/c1-9(2)7-8-10(3,4)12(6)11(9)5/h7-8H2,1-6H3. The second-order valence-corrected chi connectivity index (χ2v) is 5.17. The van der Waals surface area contributed by atoms with Crippen LogP contribution >= 0.6 is 0 Å². The van der Waals surface area contributed by atoms with Gasteiger partial charge in [-0.3, -0.25) is 0 Å². The van der Waals surface area contributed by atoms with Crippen LogP contribution in [-0.4, -0.2) is 35.2 Å². The Morgan fingerprint density at radius 3 is 1.25 bits per heavy atom. The van der Waals surface area contributed by atoms with Gasteiger partial charge in [-0.1, -0.05) is 0 Å². The van der Waals surface area contributed by atoms with Crippen molar-refractivity contribution in [3.8, 4) is 0 Å². The molecule has 0 N–H and O–H groups in total. The highest BCUT2D eigenvalue weighted by molar-refractivity contribution is 4.91.